The topological polar surface area (TPSA) is 49.8 Å². The fourth-order valence-electron chi connectivity index (χ4n) is 2.46. The van der Waals surface area contributed by atoms with E-state index in [1.807, 2.05) is 0 Å². The highest BCUT2D eigenvalue weighted by Gasteiger charge is 2.33. The Balaban J connectivity index is 2.14. The number of nitrogens with two attached hydrogens (primary N) is 1. The van der Waals surface area contributed by atoms with Crippen LogP contribution in [0.1, 0.15) is 36.8 Å². The number of unbranched alkanes of at least 4 members (excludes halogenated alkanes) is 1. The number of nitriles is 1. The molecule has 0 bridgehead atoms. The summed E-state index contributed by atoms with van der Waals surface area (Å²) in [5.74, 6) is 0. The smallest absolute Gasteiger partial charge is 0.0621 e. The molecule has 1 aromatic carbocycles. The van der Waals surface area contributed by atoms with Crippen LogP contribution in [0.2, 0.25) is 0 Å². The van der Waals surface area contributed by atoms with Crippen molar-refractivity contribution in [2.75, 3.05) is 0 Å². The van der Waals surface area contributed by atoms with Gasteiger partial charge in [-0.1, -0.05) is 24.3 Å². The Labute approximate surface area is 90.7 Å². The molecule has 15 heavy (non-hydrogen) atoms. The Morgan fingerprint density at radius 1 is 1.40 bits per heavy atom. The van der Waals surface area contributed by atoms with Gasteiger partial charge in [-0.3, -0.25) is 0 Å². The van der Waals surface area contributed by atoms with Crippen molar-refractivity contribution in [3.8, 4) is 6.07 Å². The second-order valence-corrected chi connectivity index (χ2v) is 4.32. The third kappa shape index (κ3) is 1.88. The van der Waals surface area contributed by atoms with E-state index >= 15 is 0 Å². The van der Waals surface area contributed by atoms with E-state index in [1.165, 1.54) is 11.1 Å². The highest BCUT2D eigenvalue weighted by atomic mass is 14.8. The molecule has 0 saturated carbocycles. The molecule has 0 radical (unpaired) electrons. The van der Waals surface area contributed by atoms with E-state index in [9.17, 15) is 0 Å². The highest BCUT2D eigenvalue weighted by Crippen LogP contribution is 2.38. The van der Waals surface area contributed by atoms with Crippen LogP contribution < -0.4 is 5.73 Å². The average molecular weight is 200 g/mol. The minimum atomic E-state index is -0.173. The van der Waals surface area contributed by atoms with Gasteiger partial charge in [-0.25, -0.2) is 0 Å². The fraction of sp³-hybridized carbons (Fsp3) is 0.462. The lowest BCUT2D eigenvalue weighted by Gasteiger charge is -2.25. The summed E-state index contributed by atoms with van der Waals surface area (Å²) in [5, 5.41) is 8.53. The quantitative estimate of drug-likeness (QED) is 0.762. The van der Waals surface area contributed by atoms with Crippen molar-refractivity contribution in [1.29, 1.82) is 5.26 Å². The zero-order valence-corrected chi connectivity index (χ0v) is 8.87. The van der Waals surface area contributed by atoms with E-state index in [1.54, 1.807) is 0 Å². The number of rotatable bonds is 3. The van der Waals surface area contributed by atoms with E-state index in [0.717, 1.165) is 25.7 Å². The molecule has 0 fully saturated rings. The molecule has 1 aliphatic carbocycles. The molecule has 2 nitrogen and oxygen atoms in total. The maximum atomic E-state index is 8.53. The molecule has 1 aromatic rings. The van der Waals surface area contributed by atoms with Crippen molar-refractivity contribution in [3.05, 3.63) is 35.4 Å². The largest absolute Gasteiger partial charge is 0.321 e. The van der Waals surface area contributed by atoms with Crippen molar-refractivity contribution in [1.82, 2.24) is 0 Å². The molecule has 1 unspecified atom stereocenters. The summed E-state index contributed by atoms with van der Waals surface area (Å²) in [6.45, 7) is 0. The summed E-state index contributed by atoms with van der Waals surface area (Å²) in [6, 6.07) is 10.6. The van der Waals surface area contributed by atoms with Crippen LogP contribution in [-0.4, -0.2) is 0 Å². The molecule has 0 amide bonds. The van der Waals surface area contributed by atoms with Crippen LogP contribution in [0.4, 0.5) is 0 Å². The zero-order valence-electron chi connectivity index (χ0n) is 8.87. The van der Waals surface area contributed by atoms with Gasteiger partial charge in [0.05, 0.1) is 6.07 Å². The maximum Gasteiger partial charge on any atom is 0.0621 e. The number of hydrogen-bond donors (Lipinski definition) is 1. The maximum absolute atomic E-state index is 8.53. The lowest BCUT2D eigenvalue weighted by molar-refractivity contribution is 0.396. The third-order valence-electron chi connectivity index (χ3n) is 3.31. The Morgan fingerprint density at radius 2 is 2.20 bits per heavy atom. The minimum absolute atomic E-state index is 0.173. The van der Waals surface area contributed by atoms with E-state index in [4.69, 9.17) is 11.0 Å². The van der Waals surface area contributed by atoms with Crippen LogP contribution in [0.25, 0.3) is 0 Å². The molecular weight excluding hydrogens is 184 g/mol. The Morgan fingerprint density at radius 3 is 3.00 bits per heavy atom. The normalized spacial score (nSPS) is 23.5. The second kappa shape index (κ2) is 4.04. The second-order valence-electron chi connectivity index (χ2n) is 4.32. The molecule has 0 heterocycles. The molecule has 2 N–H and O–H groups in total. The van der Waals surface area contributed by atoms with Gasteiger partial charge in [0.15, 0.2) is 0 Å². The molecule has 2 heteroatoms. The highest BCUT2D eigenvalue weighted by molar-refractivity contribution is 5.38. The predicted octanol–water partition coefficient (Wildman–Crippen LogP) is 2.48. The lowest BCUT2D eigenvalue weighted by atomic mass is 9.88. The number of hydrogen-bond acceptors (Lipinski definition) is 2. The van der Waals surface area contributed by atoms with Crippen LogP contribution >= 0.6 is 0 Å². The van der Waals surface area contributed by atoms with E-state index in [0.29, 0.717) is 6.42 Å². The van der Waals surface area contributed by atoms with Crippen LogP contribution in [0.5, 0.6) is 0 Å². The Bertz CT molecular complexity index is 392. The monoisotopic (exact) mass is 200 g/mol. The van der Waals surface area contributed by atoms with Gasteiger partial charge >= 0.3 is 0 Å². The van der Waals surface area contributed by atoms with Crippen molar-refractivity contribution < 1.29 is 0 Å². The minimum Gasteiger partial charge on any atom is -0.321 e. The van der Waals surface area contributed by atoms with Crippen LogP contribution in [0.15, 0.2) is 24.3 Å². The Hall–Kier alpha value is -1.33. The SMILES string of the molecule is N#CCCCC1(N)CCc2ccccc21. The van der Waals surface area contributed by atoms with Gasteiger partial charge in [0.2, 0.25) is 0 Å². The van der Waals surface area contributed by atoms with Crippen LogP contribution in [0.3, 0.4) is 0 Å². The molecule has 0 saturated heterocycles. The third-order valence-corrected chi connectivity index (χ3v) is 3.31. The molecule has 2 rings (SSSR count). The van der Waals surface area contributed by atoms with Gasteiger partial charge in [0, 0.05) is 12.0 Å². The summed E-state index contributed by atoms with van der Waals surface area (Å²) in [4.78, 5) is 0. The fourth-order valence-corrected chi connectivity index (χ4v) is 2.46. The summed E-state index contributed by atoms with van der Waals surface area (Å²) < 4.78 is 0. The molecule has 1 atom stereocenters. The van der Waals surface area contributed by atoms with E-state index in [2.05, 4.69) is 30.3 Å². The van der Waals surface area contributed by atoms with Crippen LogP contribution in [-0.2, 0) is 12.0 Å². The first-order chi connectivity index (χ1) is 7.26. The number of benzene rings is 1. The van der Waals surface area contributed by atoms with Crippen molar-refractivity contribution in [3.63, 3.8) is 0 Å². The first kappa shape index (κ1) is 10.2. The standard InChI is InChI=1S/C13H16N2/c14-10-4-3-8-13(15)9-7-11-5-1-2-6-12(11)13/h1-2,5-6H,3-4,7-9,15H2. The van der Waals surface area contributed by atoms with Gasteiger partial charge in [0.25, 0.3) is 0 Å². The van der Waals surface area contributed by atoms with Gasteiger partial charge in [-0.05, 0) is 36.8 Å². The molecule has 1 aliphatic rings. The summed E-state index contributed by atoms with van der Waals surface area (Å²) in [5.41, 5.74) is 8.91. The molecule has 0 spiro atoms. The number of fused-ring (bicyclic) bond motifs is 1. The van der Waals surface area contributed by atoms with Gasteiger partial charge in [-0.2, -0.15) is 5.26 Å². The molecule has 78 valence electrons. The first-order valence-electron chi connectivity index (χ1n) is 5.50. The summed E-state index contributed by atoms with van der Waals surface area (Å²) >= 11 is 0. The number of aryl methyl sites for hydroxylation is 1. The van der Waals surface area contributed by atoms with Crippen molar-refractivity contribution in [2.45, 2.75) is 37.6 Å². The van der Waals surface area contributed by atoms with E-state index in [-0.39, 0.29) is 5.54 Å². The van der Waals surface area contributed by atoms with Crippen LogP contribution in [0, 0.1) is 11.3 Å². The van der Waals surface area contributed by atoms with Gasteiger partial charge in [-0.15, -0.1) is 0 Å². The predicted molar refractivity (Wildman–Crippen MR) is 60.1 cm³/mol. The van der Waals surface area contributed by atoms with Crippen molar-refractivity contribution >= 4 is 0 Å². The molecule has 0 aliphatic heterocycles. The molecule has 0 aromatic heterocycles. The van der Waals surface area contributed by atoms with Crippen molar-refractivity contribution in [2.24, 2.45) is 5.73 Å². The number of nitrogens with zero attached hydrogens (tertiary/aromatic N) is 1. The zero-order chi connectivity index (χ0) is 10.7. The van der Waals surface area contributed by atoms with E-state index < -0.39 is 0 Å². The summed E-state index contributed by atoms with van der Waals surface area (Å²) in [7, 11) is 0. The lowest BCUT2D eigenvalue weighted by Crippen LogP contribution is -2.33. The molecular formula is C13H16N2. The average Bonchev–Trinajstić information content (AvgIpc) is 2.59. The summed E-state index contributed by atoms with van der Waals surface area (Å²) in [6.07, 6.45) is 4.55. The van der Waals surface area contributed by atoms with Gasteiger partial charge < -0.3 is 5.73 Å². The van der Waals surface area contributed by atoms with Gasteiger partial charge in [0.1, 0.15) is 0 Å². The Kier molecular flexibility index (Phi) is 2.75. The first-order valence-corrected chi connectivity index (χ1v) is 5.50.